The standard InChI is InChI=1S/C25H28N4O3S/c1-32-22-8-4-7-21(17-22)24-11-12-25(27-26-24)28-13-15-29(16-14-28)33(30,31)23-10-9-19-5-2-3-6-20(19)18-23/h4,7-12,17-18H,2-3,5-6,13-16H2,1H3. The molecule has 8 heteroatoms. The Morgan fingerprint density at radius 3 is 2.36 bits per heavy atom. The van der Waals surface area contributed by atoms with Gasteiger partial charge in [-0.3, -0.25) is 0 Å². The van der Waals surface area contributed by atoms with Crippen molar-refractivity contribution in [3.05, 3.63) is 65.7 Å². The zero-order valence-corrected chi connectivity index (χ0v) is 19.6. The van der Waals surface area contributed by atoms with Gasteiger partial charge in [-0.15, -0.1) is 10.2 Å². The molecule has 1 fully saturated rings. The van der Waals surface area contributed by atoms with Crippen LogP contribution in [0, 0.1) is 0 Å². The first-order chi connectivity index (χ1) is 16.0. The lowest BCUT2D eigenvalue weighted by molar-refractivity contribution is 0.383. The summed E-state index contributed by atoms with van der Waals surface area (Å²) < 4.78 is 33.3. The van der Waals surface area contributed by atoms with Crippen molar-refractivity contribution in [1.29, 1.82) is 0 Å². The molecule has 0 bridgehead atoms. The number of aryl methyl sites for hydroxylation is 2. The molecule has 1 aliphatic carbocycles. The molecule has 1 saturated heterocycles. The number of piperazine rings is 1. The SMILES string of the molecule is COc1cccc(-c2ccc(N3CCN(S(=O)(=O)c4ccc5c(c4)CCCC5)CC3)nn2)c1. The Morgan fingerprint density at radius 2 is 1.64 bits per heavy atom. The van der Waals surface area contributed by atoms with Gasteiger partial charge in [0.25, 0.3) is 0 Å². The molecular formula is C25H28N4O3S. The number of anilines is 1. The lowest BCUT2D eigenvalue weighted by Gasteiger charge is -2.34. The van der Waals surface area contributed by atoms with Crippen LogP contribution >= 0.6 is 0 Å². The average molecular weight is 465 g/mol. The second-order valence-corrected chi connectivity index (χ2v) is 10.5. The van der Waals surface area contributed by atoms with Crippen LogP contribution in [0.5, 0.6) is 5.75 Å². The number of fused-ring (bicyclic) bond motifs is 1. The summed E-state index contributed by atoms with van der Waals surface area (Å²) >= 11 is 0. The van der Waals surface area contributed by atoms with E-state index in [4.69, 9.17) is 4.74 Å². The van der Waals surface area contributed by atoms with Gasteiger partial charge in [-0.05, 0) is 73.2 Å². The summed E-state index contributed by atoms with van der Waals surface area (Å²) in [5.41, 5.74) is 4.19. The van der Waals surface area contributed by atoms with E-state index >= 15 is 0 Å². The zero-order valence-electron chi connectivity index (χ0n) is 18.8. The fourth-order valence-corrected chi connectivity index (χ4v) is 6.08. The summed E-state index contributed by atoms with van der Waals surface area (Å²) in [5, 5.41) is 8.77. The number of sulfonamides is 1. The van der Waals surface area contributed by atoms with Crippen molar-refractivity contribution < 1.29 is 13.2 Å². The van der Waals surface area contributed by atoms with Crippen molar-refractivity contribution in [3.8, 4) is 17.0 Å². The van der Waals surface area contributed by atoms with Crippen molar-refractivity contribution in [3.63, 3.8) is 0 Å². The van der Waals surface area contributed by atoms with Crippen LogP contribution in [-0.4, -0.2) is 56.2 Å². The van der Waals surface area contributed by atoms with Gasteiger partial charge in [-0.25, -0.2) is 8.42 Å². The van der Waals surface area contributed by atoms with Gasteiger partial charge in [0.05, 0.1) is 17.7 Å². The van der Waals surface area contributed by atoms with Crippen LogP contribution in [0.4, 0.5) is 5.82 Å². The lowest BCUT2D eigenvalue weighted by Crippen LogP contribution is -2.49. The normalized spacial score (nSPS) is 16.9. The molecule has 7 nitrogen and oxygen atoms in total. The van der Waals surface area contributed by atoms with Gasteiger partial charge >= 0.3 is 0 Å². The molecule has 0 N–H and O–H groups in total. The molecule has 1 aromatic heterocycles. The zero-order chi connectivity index (χ0) is 22.8. The molecule has 0 amide bonds. The number of rotatable bonds is 5. The van der Waals surface area contributed by atoms with E-state index in [0.29, 0.717) is 31.1 Å². The van der Waals surface area contributed by atoms with Gasteiger partial charge in [0, 0.05) is 31.7 Å². The molecule has 2 aromatic carbocycles. The van der Waals surface area contributed by atoms with Crippen molar-refractivity contribution in [2.45, 2.75) is 30.6 Å². The number of methoxy groups -OCH3 is 1. The van der Waals surface area contributed by atoms with Gasteiger partial charge in [-0.1, -0.05) is 18.2 Å². The monoisotopic (exact) mass is 464 g/mol. The largest absolute Gasteiger partial charge is 0.497 e. The third kappa shape index (κ3) is 4.45. The summed E-state index contributed by atoms with van der Waals surface area (Å²) in [4.78, 5) is 2.50. The number of nitrogens with zero attached hydrogens (tertiary/aromatic N) is 4. The highest BCUT2D eigenvalue weighted by atomic mass is 32.2. The Hall–Kier alpha value is -2.97. The Bertz CT molecular complexity index is 1240. The minimum Gasteiger partial charge on any atom is -0.497 e. The van der Waals surface area contributed by atoms with E-state index in [-0.39, 0.29) is 0 Å². The van der Waals surface area contributed by atoms with E-state index in [1.54, 1.807) is 17.5 Å². The third-order valence-electron chi connectivity index (χ3n) is 6.54. The maximum absolute atomic E-state index is 13.2. The van der Waals surface area contributed by atoms with Crippen molar-refractivity contribution in [2.24, 2.45) is 0 Å². The van der Waals surface area contributed by atoms with E-state index in [0.717, 1.165) is 42.1 Å². The quantitative estimate of drug-likeness (QED) is 0.575. The number of aromatic nitrogens is 2. The number of ether oxygens (including phenoxy) is 1. The highest BCUT2D eigenvalue weighted by molar-refractivity contribution is 7.89. The van der Waals surface area contributed by atoms with Crippen LogP contribution in [-0.2, 0) is 22.9 Å². The molecule has 0 radical (unpaired) electrons. The fourth-order valence-electron chi connectivity index (χ4n) is 4.61. The van der Waals surface area contributed by atoms with E-state index in [9.17, 15) is 8.42 Å². The van der Waals surface area contributed by atoms with E-state index < -0.39 is 10.0 Å². The van der Waals surface area contributed by atoms with Gasteiger partial charge in [0.15, 0.2) is 5.82 Å². The van der Waals surface area contributed by atoms with Gasteiger partial charge < -0.3 is 9.64 Å². The van der Waals surface area contributed by atoms with Gasteiger partial charge in [0.1, 0.15) is 5.75 Å². The fraction of sp³-hybridized carbons (Fsp3) is 0.360. The molecule has 33 heavy (non-hydrogen) atoms. The summed E-state index contributed by atoms with van der Waals surface area (Å²) in [6.07, 6.45) is 4.33. The Labute approximate surface area is 195 Å². The molecule has 0 unspecified atom stereocenters. The maximum Gasteiger partial charge on any atom is 0.243 e. The maximum atomic E-state index is 13.2. The topological polar surface area (TPSA) is 75.6 Å². The van der Waals surface area contributed by atoms with Crippen molar-refractivity contribution in [2.75, 3.05) is 38.2 Å². The first-order valence-electron chi connectivity index (χ1n) is 11.4. The smallest absolute Gasteiger partial charge is 0.243 e. The van der Waals surface area contributed by atoms with Crippen LogP contribution in [0.15, 0.2) is 59.5 Å². The number of benzene rings is 2. The molecule has 0 atom stereocenters. The highest BCUT2D eigenvalue weighted by Crippen LogP contribution is 2.27. The molecule has 0 saturated carbocycles. The van der Waals surface area contributed by atoms with E-state index in [1.165, 1.54) is 17.5 Å². The van der Waals surface area contributed by atoms with Gasteiger partial charge in [0.2, 0.25) is 10.0 Å². The van der Waals surface area contributed by atoms with Crippen LogP contribution in [0.25, 0.3) is 11.3 Å². The molecule has 172 valence electrons. The second kappa shape index (κ2) is 9.11. The molecule has 5 rings (SSSR count). The molecular weight excluding hydrogens is 436 g/mol. The summed E-state index contributed by atoms with van der Waals surface area (Å²) in [6, 6.07) is 17.2. The number of hydrogen-bond donors (Lipinski definition) is 0. The predicted octanol–water partition coefficient (Wildman–Crippen LogP) is 3.54. The lowest BCUT2D eigenvalue weighted by atomic mass is 9.92. The predicted molar refractivity (Wildman–Crippen MR) is 128 cm³/mol. The molecule has 2 aliphatic rings. The Morgan fingerprint density at radius 1 is 0.848 bits per heavy atom. The molecule has 2 heterocycles. The summed E-state index contributed by atoms with van der Waals surface area (Å²) in [6.45, 7) is 2.02. The van der Waals surface area contributed by atoms with Crippen LogP contribution in [0.1, 0.15) is 24.0 Å². The minimum atomic E-state index is -3.49. The Kier molecular flexibility index (Phi) is 6.03. The van der Waals surface area contributed by atoms with Crippen molar-refractivity contribution in [1.82, 2.24) is 14.5 Å². The van der Waals surface area contributed by atoms with Crippen LogP contribution < -0.4 is 9.64 Å². The summed E-state index contributed by atoms with van der Waals surface area (Å²) in [7, 11) is -1.85. The van der Waals surface area contributed by atoms with E-state index in [1.807, 2.05) is 48.5 Å². The average Bonchev–Trinajstić information content (AvgIpc) is 2.88. The number of hydrogen-bond acceptors (Lipinski definition) is 6. The van der Waals surface area contributed by atoms with Crippen LogP contribution in [0.3, 0.4) is 0 Å². The first kappa shape index (κ1) is 21.9. The van der Waals surface area contributed by atoms with Gasteiger partial charge in [-0.2, -0.15) is 4.31 Å². The third-order valence-corrected chi connectivity index (χ3v) is 8.43. The highest BCUT2D eigenvalue weighted by Gasteiger charge is 2.29. The first-order valence-corrected chi connectivity index (χ1v) is 12.8. The van der Waals surface area contributed by atoms with E-state index in [2.05, 4.69) is 15.1 Å². The van der Waals surface area contributed by atoms with Crippen molar-refractivity contribution >= 4 is 15.8 Å². The van der Waals surface area contributed by atoms with Crippen LogP contribution in [0.2, 0.25) is 0 Å². The molecule has 1 aliphatic heterocycles. The second-order valence-electron chi connectivity index (χ2n) is 8.54. The molecule has 3 aromatic rings. The molecule has 0 spiro atoms. The summed E-state index contributed by atoms with van der Waals surface area (Å²) in [5.74, 6) is 1.53. The minimum absolute atomic E-state index is 0.416. The Balaban J connectivity index is 1.26.